The molecule has 1 aromatic carbocycles. The van der Waals surface area contributed by atoms with Gasteiger partial charge in [-0.3, -0.25) is 14.9 Å². The number of aldehydes is 1. The summed E-state index contributed by atoms with van der Waals surface area (Å²) in [7, 11) is 0. The van der Waals surface area contributed by atoms with Crippen LogP contribution in [0.3, 0.4) is 0 Å². The third-order valence-electron chi connectivity index (χ3n) is 1.96. The van der Waals surface area contributed by atoms with Crippen LogP contribution in [-0.2, 0) is 4.79 Å². The van der Waals surface area contributed by atoms with Gasteiger partial charge >= 0.3 is 6.03 Å². The molecule has 0 aliphatic rings. The molecular weight excluding hydrogens is 243 g/mol. The second-order valence-corrected chi connectivity index (χ2v) is 3.45. The van der Waals surface area contributed by atoms with Gasteiger partial charge in [-0.2, -0.15) is 0 Å². The Balaban J connectivity index is 2.78. The molecule has 1 rings (SSSR count). The average molecular weight is 254 g/mol. The number of benzene rings is 1. The summed E-state index contributed by atoms with van der Waals surface area (Å²) in [6.45, 7) is 1.35. The summed E-state index contributed by atoms with van der Waals surface area (Å²) < 4.78 is 18.1. The number of carbonyl (C=O) groups excluding carboxylic acids is 3. The molecule has 7 heteroatoms. The monoisotopic (exact) mass is 254 g/mol. The van der Waals surface area contributed by atoms with Crippen molar-refractivity contribution in [2.45, 2.75) is 13.0 Å². The van der Waals surface area contributed by atoms with E-state index >= 15 is 0 Å². The molecule has 0 spiro atoms. The Kier molecular flexibility index (Phi) is 4.36. The van der Waals surface area contributed by atoms with E-state index in [9.17, 15) is 18.8 Å². The number of halogens is 1. The van der Waals surface area contributed by atoms with Crippen LogP contribution in [-0.4, -0.2) is 24.3 Å². The number of urea groups is 1. The van der Waals surface area contributed by atoms with Crippen molar-refractivity contribution in [3.05, 3.63) is 29.6 Å². The molecule has 3 amide bonds. The zero-order chi connectivity index (χ0) is 13.7. The van der Waals surface area contributed by atoms with Gasteiger partial charge < -0.3 is 10.5 Å². The van der Waals surface area contributed by atoms with Crippen LogP contribution < -0.4 is 15.8 Å². The number of rotatable bonds is 4. The van der Waals surface area contributed by atoms with Crippen molar-refractivity contribution in [3.8, 4) is 5.75 Å². The number of hydrogen-bond acceptors (Lipinski definition) is 4. The first-order chi connectivity index (χ1) is 8.42. The molecular formula is C11H11FN2O4. The molecule has 0 fully saturated rings. The predicted octanol–water partition coefficient (Wildman–Crippen LogP) is 0.600. The van der Waals surface area contributed by atoms with E-state index in [1.807, 2.05) is 5.32 Å². The summed E-state index contributed by atoms with van der Waals surface area (Å²) in [5, 5.41) is 1.82. The lowest BCUT2D eigenvalue weighted by Crippen LogP contribution is -2.42. The van der Waals surface area contributed by atoms with Crippen LogP contribution in [0, 0.1) is 5.82 Å². The van der Waals surface area contributed by atoms with Crippen LogP contribution >= 0.6 is 0 Å². The minimum atomic E-state index is -1.06. The highest BCUT2D eigenvalue weighted by atomic mass is 19.1. The number of amides is 3. The lowest BCUT2D eigenvalue weighted by Gasteiger charge is -2.13. The second kappa shape index (κ2) is 5.76. The smallest absolute Gasteiger partial charge is 0.318 e. The fraction of sp³-hybridized carbons (Fsp3) is 0.182. The molecule has 18 heavy (non-hydrogen) atoms. The van der Waals surface area contributed by atoms with Crippen molar-refractivity contribution in [2.24, 2.45) is 5.73 Å². The van der Waals surface area contributed by atoms with Gasteiger partial charge in [0, 0.05) is 11.6 Å². The second-order valence-electron chi connectivity index (χ2n) is 3.45. The number of ether oxygens (including phenoxy) is 1. The predicted molar refractivity (Wildman–Crippen MR) is 59.6 cm³/mol. The molecule has 0 aromatic heterocycles. The molecule has 0 aliphatic carbocycles. The third kappa shape index (κ3) is 3.85. The molecule has 0 aliphatic heterocycles. The van der Waals surface area contributed by atoms with Crippen molar-refractivity contribution in [1.29, 1.82) is 0 Å². The van der Waals surface area contributed by atoms with Gasteiger partial charge in [0.1, 0.15) is 17.9 Å². The summed E-state index contributed by atoms with van der Waals surface area (Å²) in [4.78, 5) is 32.3. The maximum Gasteiger partial charge on any atom is 0.318 e. The minimum absolute atomic E-state index is 0.00391. The molecule has 0 heterocycles. The summed E-state index contributed by atoms with van der Waals surface area (Å²) in [5.74, 6) is -1.43. The molecule has 0 saturated carbocycles. The quantitative estimate of drug-likeness (QED) is 0.768. The molecule has 0 radical (unpaired) electrons. The molecule has 6 nitrogen and oxygen atoms in total. The Labute approximate surface area is 102 Å². The lowest BCUT2D eigenvalue weighted by atomic mass is 10.2. The number of carbonyl (C=O) groups is 3. The number of primary amides is 1. The highest BCUT2D eigenvalue weighted by molar-refractivity contribution is 5.95. The summed E-state index contributed by atoms with van der Waals surface area (Å²) in [6.07, 6.45) is -0.608. The van der Waals surface area contributed by atoms with Crippen LogP contribution in [0.2, 0.25) is 0 Å². The Morgan fingerprint density at radius 3 is 2.67 bits per heavy atom. The highest BCUT2D eigenvalue weighted by Gasteiger charge is 2.16. The van der Waals surface area contributed by atoms with E-state index in [4.69, 9.17) is 10.5 Å². The SMILES string of the molecule is CC(Oc1cc(F)cc(C=O)c1)C(=O)NC(N)=O. The van der Waals surface area contributed by atoms with Gasteiger partial charge in [0.05, 0.1) is 0 Å². The van der Waals surface area contributed by atoms with E-state index < -0.39 is 23.9 Å². The first-order valence-corrected chi connectivity index (χ1v) is 4.95. The van der Waals surface area contributed by atoms with E-state index in [2.05, 4.69) is 0 Å². The zero-order valence-electron chi connectivity index (χ0n) is 9.48. The van der Waals surface area contributed by atoms with E-state index in [0.717, 1.165) is 12.1 Å². The van der Waals surface area contributed by atoms with Gasteiger partial charge in [-0.05, 0) is 19.1 Å². The van der Waals surface area contributed by atoms with Crippen LogP contribution in [0.1, 0.15) is 17.3 Å². The van der Waals surface area contributed by atoms with Gasteiger partial charge in [-0.1, -0.05) is 0 Å². The molecule has 3 N–H and O–H groups in total. The average Bonchev–Trinajstić information content (AvgIpc) is 2.27. The Hall–Kier alpha value is -2.44. The molecule has 1 unspecified atom stereocenters. The number of hydrogen-bond donors (Lipinski definition) is 2. The molecule has 0 bridgehead atoms. The minimum Gasteiger partial charge on any atom is -0.481 e. The van der Waals surface area contributed by atoms with Crippen molar-refractivity contribution < 1.29 is 23.5 Å². The van der Waals surface area contributed by atoms with Crippen LogP contribution in [0.4, 0.5) is 9.18 Å². The van der Waals surface area contributed by atoms with Gasteiger partial charge in [0.25, 0.3) is 5.91 Å². The summed E-state index contributed by atoms with van der Waals surface area (Å²) in [6, 6.07) is 2.29. The number of imide groups is 1. The summed E-state index contributed by atoms with van der Waals surface area (Å²) in [5.41, 5.74) is 4.84. The molecule has 1 aromatic rings. The molecule has 0 saturated heterocycles. The van der Waals surface area contributed by atoms with Gasteiger partial charge in [-0.15, -0.1) is 0 Å². The standard InChI is InChI=1S/C11H11FN2O4/c1-6(10(16)14-11(13)17)18-9-3-7(5-15)2-8(12)4-9/h2-6H,1H3,(H3,13,14,16,17). The lowest BCUT2D eigenvalue weighted by molar-refractivity contribution is -0.126. The van der Waals surface area contributed by atoms with E-state index in [1.54, 1.807) is 0 Å². The van der Waals surface area contributed by atoms with Crippen molar-refractivity contribution in [1.82, 2.24) is 5.32 Å². The normalized spacial score (nSPS) is 11.4. The van der Waals surface area contributed by atoms with Crippen molar-refractivity contribution in [2.75, 3.05) is 0 Å². The Morgan fingerprint density at radius 2 is 2.11 bits per heavy atom. The Bertz CT molecular complexity index is 490. The van der Waals surface area contributed by atoms with Crippen molar-refractivity contribution in [3.63, 3.8) is 0 Å². The third-order valence-corrected chi connectivity index (χ3v) is 1.96. The van der Waals surface area contributed by atoms with Crippen molar-refractivity contribution >= 4 is 18.2 Å². The largest absolute Gasteiger partial charge is 0.481 e. The van der Waals surface area contributed by atoms with Crippen LogP contribution in [0.25, 0.3) is 0 Å². The first kappa shape index (κ1) is 13.6. The zero-order valence-corrected chi connectivity index (χ0v) is 9.48. The van der Waals surface area contributed by atoms with Gasteiger partial charge in [0.2, 0.25) is 0 Å². The molecule has 1 atom stereocenters. The topological polar surface area (TPSA) is 98.5 Å². The maximum atomic E-state index is 13.1. The van der Waals surface area contributed by atoms with E-state index in [-0.39, 0.29) is 11.3 Å². The maximum absolute atomic E-state index is 13.1. The van der Waals surface area contributed by atoms with E-state index in [1.165, 1.54) is 13.0 Å². The highest BCUT2D eigenvalue weighted by Crippen LogP contribution is 2.16. The van der Waals surface area contributed by atoms with Gasteiger partial charge in [-0.25, -0.2) is 9.18 Å². The summed E-state index contributed by atoms with van der Waals surface area (Å²) >= 11 is 0. The number of nitrogens with one attached hydrogen (secondary N) is 1. The van der Waals surface area contributed by atoms with Crippen LogP contribution in [0.5, 0.6) is 5.75 Å². The molecule has 96 valence electrons. The Morgan fingerprint density at radius 1 is 1.44 bits per heavy atom. The van der Waals surface area contributed by atoms with Crippen LogP contribution in [0.15, 0.2) is 18.2 Å². The number of nitrogens with two attached hydrogens (primary N) is 1. The fourth-order valence-corrected chi connectivity index (χ4v) is 1.20. The van der Waals surface area contributed by atoms with Gasteiger partial charge in [0.15, 0.2) is 6.10 Å². The van der Waals surface area contributed by atoms with E-state index in [0.29, 0.717) is 6.29 Å². The fourth-order valence-electron chi connectivity index (χ4n) is 1.20. The first-order valence-electron chi connectivity index (χ1n) is 4.95.